The predicted octanol–water partition coefficient (Wildman–Crippen LogP) is 1.15. The molecule has 0 aliphatic rings. The van der Waals surface area contributed by atoms with Crippen LogP contribution in [-0.2, 0) is 23.1 Å². The molecule has 1 rings (SSSR count). The second kappa shape index (κ2) is 3.22. The van der Waals surface area contributed by atoms with Crippen LogP contribution in [0.2, 0.25) is 0 Å². The Kier molecular flexibility index (Phi) is 2.58. The summed E-state index contributed by atoms with van der Waals surface area (Å²) < 4.78 is 60.2. The van der Waals surface area contributed by atoms with Gasteiger partial charge in [0.25, 0.3) is 0 Å². The molecule has 0 spiro atoms. The SMILES string of the molecule is Cc1c(C(F)(F)F)nn(C)c1S(C)(=O)=O. The van der Waals surface area contributed by atoms with Crippen LogP contribution in [0.15, 0.2) is 5.03 Å². The number of aromatic nitrogens is 2. The monoisotopic (exact) mass is 242 g/mol. The molecular formula is C7H9F3N2O2S. The van der Waals surface area contributed by atoms with Crippen LogP contribution in [0.4, 0.5) is 13.2 Å². The van der Waals surface area contributed by atoms with Crippen molar-refractivity contribution in [1.82, 2.24) is 9.78 Å². The summed E-state index contributed by atoms with van der Waals surface area (Å²) in [6.45, 7) is 1.09. The molecule has 0 amide bonds. The van der Waals surface area contributed by atoms with Crippen LogP contribution >= 0.6 is 0 Å². The molecule has 0 aliphatic heterocycles. The minimum atomic E-state index is -4.63. The molecule has 0 atom stereocenters. The first kappa shape index (κ1) is 12.0. The van der Waals surface area contributed by atoms with Crippen LogP contribution in [0, 0.1) is 6.92 Å². The molecule has 1 aromatic rings. The van der Waals surface area contributed by atoms with E-state index in [0.29, 0.717) is 0 Å². The average molecular weight is 242 g/mol. The van der Waals surface area contributed by atoms with Gasteiger partial charge in [-0.15, -0.1) is 0 Å². The van der Waals surface area contributed by atoms with Gasteiger partial charge >= 0.3 is 6.18 Å². The lowest BCUT2D eigenvalue weighted by atomic mass is 10.3. The van der Waals surface area contributed by atoms with E-state index in [9.17, 15) is 21.6 Å². The lowest BCUT2D eigenvalue weighted by Crippen LogP contribution is -2.08. The van der Waals surface area contributed by atoms with E-state index in [1.165, 1.54) is 7.05 Å². The molecule has 0 N–H and O–H groups in total. The third-order valence-corrected chi connectivity index (χ3v) is 3.11. The van der Waals surface area contributed by atoms with Gasteiger partial charge in [-0.2, -0.15) is 18.3 Å². The van der Waals surface area contributed by atoms with Crippen molar-refractivity contribution in [2.24, 2.45) is 7.05 Å². The predicted molar refractivity (Wildman–Crippen MR) is 46.1 cm³/mol. The summed E-state index contributed by atoms with van der Waals surface area (Å²) in [7, 11) is -2.54. The van der Waals surface area contributed by atoms with Gasteiger partial charge in [-0.3, -0.25) is 4.68 Å². The average Bonchev–Trinajstić information content (AvgIpc) is 2.22. The van der Waals surface area contributed by atoms with Crippen molar-refractivity contribution >= 4 is 9.84 Å². The van der Waals surface area contributed by atoms with Gasteiger partial charge in [0.05, 0.1) is 0 Å². The van der Waals surface area contributed by atoms with Gasteiger partial charge in [0.1, 0.15) is 0 Å². The normalized spacial score (nSPS) is 13.2. The largest absolute Gasteiger partial charge is 0.435 e. The Labute approximate surface area is 84.6 Å². The molecule has 0 aromatic carbocycles. The van der Waals surface area contributed by atoms with Gasteiger partial charge in [-0.05, 0) is 6.92 Å². The summed E-state index contributed by atoms with van der Waals surface area (Å²) in [6, 6.07) is 0. The smallest absolute Gasteiger partial charge is 0.256 e. The Morgan fingerprint density at radius 3 is 2.00 bits per heavy atom. The lowest BCUT2D eigenvalue weighted by Gasteiger charge is -2.02. The molecule has 86 valence electrons. The van der Waals surface area contributed by atoms with Crippen molar-refractivity contribution in [3.8, 4) is 0 Å². The van der Waals surface area contributed by atoms with Crippen LogP contribution in [-0.4, -0.2) is 24.5 Å². The molecule has 0 saturated carbocycles. The summed E-state index contributed by atoms with van der Waals surface area (Å²) >= 11 is 0. The van der Waals surface area contributed by atoms with Gasteiger partial charge < -0.3 is 0 Å². The molecule has 1 heterocycles. The number of halogens is 3. The van der Waals surface area contributed by atoms with Crippen LogP contribution < -0.4 is 0 Å². The molecule has 8 heteroatoms. The molecule has 0 unspecified atom stereocenters. The lowest BCUT2D eigenvalue weighted by molar-refractivity contribution is -0.141. The molecule has 0 bridgehead atoms. The maximum Gasteiger partial charge on any atom is 0.435 e. The second-order valence-electron chi connectivity index (χ2n) is 3.17. The van der Waals surface area contributed by atoms with E-state index in [2.05, 4.69) is 5.10 Å². The summed E-state index contributed by atoms with van der Waals surface area (Å²) in [5.41, 5.74) is -1.53. The zero-order valence-electron chi connectivity index (χ0n) is 8.25. The Morgan fingerprint density at radius 2 is 1.80 bits per heavy atom. The topological polar surface area (TPSA) is 52.0 Å². The van der Waals surface area contributed by atoms with E-state index < -0.39 is 26.7 Å². The van der Waals surface area contributed by atoms with E-state index in [4.69, 9.17) is 0 Å². The Balaban J connectivity index is 3.55. The summed E-state index contributed by atoms with van der Waals surface area (Å²) in [6.07, 6.45) is -3.79. The highest BCUT2D eigenvalue weighted by molar-refractivity contribution is 7.90. The highest BCUT2D eigenvalue weighted by Crippen LogP contribution is 2.33. The highest BCUT2D eigenvalue weighted by atomic mass is 32.2. The fourth-order valence-corrected chi connectivity index (χ4v) is 2.58. The van der Waals surface area contributed by atoms with Crippen LogP contribution in [0.3, 0.4) is 0 Å². The fourth-order valence-electron chi connectivity index (χ4n) is 1.40. The first-order chi connectivity index (χ1) is 6.55. The zero-order valence-corrected chi connectivity index (χ0v) is 9.07. The van der Waals surface area contributed by atoms with Crippen molar-refractivity contribution in [2.75, 3.05) is 6.26 Å². The molecule has 4 nitrogen and oxygen atoms in total. The molecular weight excluding hydrogens is 233 g/mol. The van der Waals surface area contributed by atoms with E-state index in [-0.39, 0.29) is 5.56 Å². The van der Waals surface area contributed by atoms with Crippen molar-refractivity contribution in [1.29, 1.82) is 0 Å². The maximum atomic E-state index is 12.4. The van der Waals surface area contributed by atoms with Crippen molar-refractivity contribution < 1.29 is 21.6 Å². The quantitative estimate of drug-likeness (QED) is 0.742. The van der Waals surface area contributed by atoms with Crippen molar-refractivity contribution in [2.45, 2.75) is 18.1 Å². The van der Waals surface area contributed by atoms with Gasteiger partial charge in [-0.25, -0.2) is 8.42 Å². The number of hydrogen-bond donors (Lipinski definition) is 0. The van der Waals surface area contributed by atoms with E-state index >= 15 is 0 Å². The highest BCUT2D eigenvalue weighted by Gasteiger charge is 2.38. The third-order valence-electron chi connectivity index (χ3n) is 1.84. The van der Waals surface area contributed by atoms with Crippen LogP contribution in [0.5, 0.6) is 0 Å². The minimum Gasteiger partial charge on any atom is -0.256 e. The number of hydrogen-bond acceptors (Lipinski definition) is 3. The number of sulfone groups is 1. The van der Waals surface area contributed by atoms with Crippen molar-refractivity contribution in [3.63, 3.8) is 0 Å². The third kappa shape index (κ3) is 2.14. The van der Waals surface area contributed by atoms with Gasteiger partial charge in [0.2, 0.25) is 0 Å². The zero-order chi connectivity index (χ0) is 12.0. The van der Waals surface area contributed by atoms with Crippen LogP contribution in [0.1, 0.15) is 11.3 Å². The molecule has 1 aromatic heterocycles. The van der Waals surface area contributed by atoms with Gasteiger partial charge in [0, 0.05) is 18.9 Å². The number of alkyl halides is 3. The van der Waals surface area contributed by atoms with Gasteiger partial charge in [0.15, 0.2) is 20.6 Å². The Morgan fingerprint density at radius 1 is 1.33 bits per heavy atom. The summed E-state index contributed by atoms with van der Waals surface area (Å²) in [5, 5.41) is 2.75. The molecule has 0 fully saturated rings. The van der Waals surface area contributed by atoms with E-state index in [1.54, 1.807) is 0 Å². The second-order valence-corrected chi connectivity index (χ2v) is 5.10. The van der Waals surface area contributed by atoms with Gasteiger partial charge in [-0.1, -0.05) is 0 Å². The fraction of sp³-hybridized carbons (Fsp3) is 0.571. The number of rotatable bonds is 1. The van der Waals surface area contributed by atoms with E-state index in [0.717, 1.165) is 17.9 Å². The van der Waals surface area contributed by atoms with Crippen molar-refractivity contribution in [3.05, 3.63) is 11.3 Å². The molecule has 0 radical (unpaired) electrons. The number of aryl methyl sites for hydroxylation is 1. The number of nitrogens with zero attached hydrogens (tertiary/aromatic N) is 2. The molecule has 0 saturated heterocycles. The van der Waals surface area contributed by atoms with Crippen LogP contribution in [0.25, 0.3) is 0 Å². The summed E-state index contributed by atoms with van der Waals surface area (Å²) in [5.74, 6) is 0. The first-order valence-electron chi connectivity index (χ1n) is 3.86. The standard InChI is InChI=1S/C7H9F3N2O2S/c1-4-5(7(8,9)10)11-12(2)6(4)15(3,13)14/h1-3H3. The van der Waals surface area contributed by atoms with E-state index in [1.807, 2.05) is 0 Å². The minimum absolute atomic E-state index is 0.368. The Hall–Kier alpha value is -1.05. The Bertz CT molecular complexity index is 487. The molecule has 0 aliphatic carbocycles. The summed E-state index contributed by atoms with van der Waals surface area (Å²) in [4.78, 5) is 0. The first-order valence-corrected chi connectivity index (χ1v) is 5.75. The molecule has 15 heavy (non-hydrogen) atoms. The maximum absolute atomic E-state index is 12.4.